The van der Waals surface area contributed by atoms with Crippen molar-refractivity contribution in [3.05, 3.63) is 29.8 Å². The van der Waals surface area contributed by atoms with Crippen molar-refractivity contribution in [2.45, 2.75) is 84.2 Å². The van der Waals surface area contributed by atoms with E-state index in [4.69, 9.17) is 4.74 Å². The molecule has 188 valence electrons. The van der Waals surface area contributed by atoms with E-state index in [1.165, 1.54) is 0 Å². The zero-order valence-electron chi connectivity index (χ0n) is 21.1. The summed E-state index contributed by atoms with van der Waals surface area (Å²) in [6.07, 6.45) is 6.26. The third kappa shape index (κ3) is 5.86. The van der Waals surface area contributed by atoms with Crippen molar-refractivity contribution < 1.29 is 19.1 Å². The van der Waals surface area contributed by atoms with Gasteiger partial charge in [0.2, 0.25) is 5.91 Å². The zero-order chi connectivity index (χ0) is 25.2. The third-order valence-corrected chi connectivity index (χ3v) is 8.20. The van der Waals surface area contributed by atoms with Crippen LogP contribution in [0.15, 0.2) is 24.3 Å². The Hall–Kier alpha value is -2.88. The van der Waals surface area contributed by atoms with E-state index in [2.05, 4.69) is 25.2 Å². The summed E-state index contributed by atoms with van der Waals surface area (Å²) in [4.78, 5) is 40.7. The van der Waals surface area contributed by atoms with E-state index >= 15 is 0 Å². The first-order valence-corrected chi connectivity index (χ1v) is 12.8. The highest BCUT2D eigenvalue weighted by molar-refractivity contribution is 5.89. The number of ether oxygens (including phenoxy) is 1. The Labute approximate surface area is 208 Å². The lowest BCUT2D eigenvalue weighted by Crippen LogP contribution is -2.50. The van der Waals surface area contributed by atoms with Gasteiger partial charge in [-0.25, -0.2) is 0 Å². The fourth-order valence-electron chi connectivity index (χ4n) is 5.83. The van der Waals surface area contributed by atoms with Crippen LogP contribution in [0.5, 0.6) is 5.75 Å². The lowest BCUT2D eigenvalue weighted by Gasteiger charge is -2.37. The predicted molar refractivity (Wildman–Crippen MR) is 131 cm³/mol. The highest BCUT2D eigenvalue weighted by atomic mass is 16.5. The summed E-state index contributed by atoms with van der Waals surface area (Å²) in [5.41, 5.74) is 1.10. The van der Waals surface area contributed by atoms with Gasteiger partial charge >= 0.3 is 0 Å². The van der Waals surface area contributed by atoms with Crippen molar-refractivity contribution in [1.29, 1.82) is 5.26 Å². The van der Waals surface area contributed by atoms with Gasteiger partial charge in [0.1, 0.15) is 23.6 Å². The molecule has 1 spiro atoms. The molecular formula is C28H37N3O4. The quantitative estimate of drug-likeness (QED) is 0.639. The first kappa shape index (κ1) is 25.2. The molecule has 2 saturated carbocycles. The van der Waals surface area contributed by atoms with Crippen molar-refractivity contribution in [3.63, 3.8) is 0 Å². The molecule has 0 aromatic heterocycles. The van der Waals surface area contributed by atoms with Gasteiger partial charge in [-0.2, -0.15) is 5.26 Å². The molecule has 1 N–H and O–H groups in total. The van der Waals surface area contributed by atoms with Gasteiger partial charge in [0, 0.05) is 18.9 Å². The highest BCUT2D eigenvalue weighted by Gasteiger charge is 2.51. The Balaban J connectivity index is 1.38. The summed E-state index contributed by atoms with van der Waals surface area (Å²) < 4.78 is 5.70. The second-order valence-corrected chi connectivity index (χ2v) is 11.7. The van der Waals surface area contributed by atoms with Gasteiger partial charge in [0.15, 0.2) is 6.61 Å². The van der Waals surface area contributed by atoms with Crippen molar-refractivity contribution in [1.82, 2.24) is 10.2 Å². The van der Waals surface area contributed by atoms with Crippen LogP contribution in [0.2, 0.25) is 0 Å². The van der Waals surface area contributed by atoms with E-state index in [-0.39, 0.29) is 41.0 Å². The molecule has 2 aliphatic carbocycles. The molecule has 1 aromatic carbocycles. The van der Waals surface area contributed by atoms with Crippen LogP contribution in [0, 0.1) is 35.0 Å². The molecule has 7 heteroatoms. The van der Waals surface area contributed by atoms with E-state index in [0.29, 0.717) is 31.6 Å². The molecule has 2 amide bonds. The van der Waals surface area contributed by atoms with E-state index in [1.54, 1.807) is 4.90 Å². The number of ketones is 1. The maximum absolute atomic E-state index is 13.3. The average molecular weight is 480 g/mol. The number of amides is 2. The van der Waals surface area contributed by atoms with Crippen molar-refractivity contribution in [2.75, 3.05) is 13.2 Å². The van der Waals surface area contributed by atoms with Gasteiger partial charge in [-0.1, -0.05) is 38.0 Å². The number of nitriles is 1. The molecule has 1 aliphatic heterocycles. The number of benzene rings is 1. The molecule has 35 heavy (non-hydrogen) atoms. The zero-order valence-corrected chi connectivity index (χ0v) is 21.1. The number of Topliss-reactive ketones (excluding diaryl/α,β-unsaturated/α-hetero) is 1. The Morgan fingerprint density at radius 1 is 1.23 bits per heavy atom. The van der Waals surface area contributed by atoms with Crippen LogP contribution in [0.3, 0.4) is 0 Å². The lowest BCUT2D eigenvalue weighted by molar-refractivity contribution is -0.140. The smallest absolute Gasteiger partial charge is 0.261 e. The number of likely N-dealkylation sites (tertiary alicyclic amines) is 1. The van der Waals surface area contributed by atoms with Crippen LogP contribution >= 0.6 is 0 Å². The molecular weight excluding hydrogens is 442 g/mol. The van der Waals surface area contributed by atoms with Crippen LogP contribution in [0.25, 0.3) is 0 Å². The largest absolute Gasteiger partial charge is 0.484 e. The van der Waals surface area contributed by atoms with Crippen molar-refractivity contribution in [2.24, 2.45) is 16.7 Å². The Bertz CT molecular complexity index is 1010. The van der Waals surface area contributed by atoms with Crippen LogP contribution in [-0.2, 0) is 14.4 Å². The Morgan fingerprint density at radius 3 is 2.54 bits per heavy atom. The number of rotatable bonds is 7. The van der Waals surface area contributed by atoms with Gasteiger partial charge in [0.05, 0.1) is 6.07 Å². The molecule has 4 rings (SSSR count). The van der Waals surface area contributed by atoms with E-state index < -0.39 is 12.1 Å². The normalized spacial score (nSPS) is 25.4. The van der Waals surface area contributed by atoms with Crippen LogP contribution in [0.4, 0.5) is 0 Å². The van der Waals surface area contributed by atoms with Crippen LogP contribution in [0.1, 0.15) is 70.8 Å². The molecule has 1 unspecified atom stereocenters. The topological polar surface area (TPSA) is 99.5 Å². The number of carbonyl (C=O) groups excluding carboxylic acids is 3. The molecule has 3 atom stereocenters. The summed E-state index contributed by atoms with van der Waals surface area (Å²) in [5, 5.41) is 12.6. The summed E-state index contributed by atoms with van der Waals surface area (Å²) >= 11 is 0. The fraction of sp³-hybridized carbons (Fsp3) is 0.643. The number of hydrogen-bond acceptors (Lipinski definition) is 5. The Kier molecular flexibility index (Phi) is 7.21. The minimum absolute atomic E-state index is 0.00141. The number of hydrogen-bond donors (Lipinski definition) is 1. The molecule has 3 fully saturated rings. The summed E-state index contributed by atoms with van der Waals surface area (Å²) in [6.45, 7) is 6.59. The molecule has 3 aliphatic rings. The second-order valence-electron chi connectivity index (χ2n) is 11.7. The number of nitrogens with zero attached hydrogens (tertiary/aromatic N) is 2. The van der Waals surface area contributed by atoms with E-state index in [1.807, 2.05) is 31.2 Å². The average Bonchev–Trinajstić information content (AvgIpc) is 3.21. The molecule has 0 bridgehead atoms. The summed E-state index contributed by atoms with van der Waals surface area (Å²) in [5.74, 6) is 0.0814. The minimum atomic E-state index is -0.739. The number of aryl methyl sites for hydroxylation is 1. The first-order valence-electron chi connectivity index (χ1n) is 12.8. The maximum atomic E-state index is 13.3. The molecule has 7 nitrogen and oxygen atoms in total. The van der Waals surface area contributed by atoms with Gasteiger partial charge in [-0.3, -0.25) is 14.4 Å². The fourth-order valence-corrected chi connectivity index (χ4v) is 5.83. The molecule has 1 saturated heterocycles. The SMILES string of the molecule is Cc1ccc(OCC(=O)N2CC3(CCC3)CC2C(=O)N[C@H](C#N)C[C@@H]2CCC(C)(C)CC2=O)cc1. The van der Waals surface area contributed by atoms with Crippen LogP contribution in [-0.4, -0.2) is 47.7 Å². The minimum Gasteiger partial charge on any atom is -0.484 e. The van der Waals surface area contributed by atoms with Gasteiger partial charge in [-0.05, 0) is 68.4 Å². The second kappa shape index (κ2) is 10.0. The van der Waals surface area contributed by atoms with Gasteiger partial charge in [-0.15, -0.1) is 0 Å². The van der Waals surface area contributed by atoms with Gasteiger partial charge < -0.3 is 15.0 Å². The summed E-state index contributed by atoms with van der Waals surface area (Å²) in [7, 11) is 0. The number of carbonyl (C=O) groups is 3. The predicted octanol–water partition coefficient (Wildman–Crippen LogP) is 3.94. The van der Waals surface area contributed by atoms with Crippen molar-refractivity contribution >= 4 is 17.6 Å². The van der Waals surface area contributed by atoms with Crippen molar-refractivity contribution in [3.8, 4) is 11.8 Å². The summed E-state index contributed by atoms with van der Waals surface area (Å²) in [6, 6.07) is 8.34. The number of nitrogens with one attached hydrogen (secondary N) is 1. The highest BCUT2D eigenvalue weighted by Crippen LogP contribution is 2.50. The van der Waals surface area contributed by atoms with E-state index in [0.717, 1.165) is 37.7 Å². The Morgan fingerprint density at radius 2 is 1.94 bits per heavy atom. The molecule has 1 heterocycles. The van der Waals surface area contributed by atoms with Gasteiger partial charge in [0.25, 0.3) is 5.91 Å². The molecule has 1 aromatic rings. The monoisotopic (exact) mass is 479 g/mol. The van der Waals surface area contributed by atoms with E-state index in [9.17, 15) is 19.6 Å². The molecule has 0 radical (unpaired) electrons. The first-order chi connectivity index (χ1) is 16.6. The third-order valence-electron chi connectivity index (χ3n) is 8.20. The maximum Gasteiger partial charge on any atom is 0.261 e. The lowest BCUT2D eigenvalue weighted by atomic mass is 9.67. The van der Waals surface area contributed by atoms with Crippen LogP contribution < -0.4 is 10.1 Å². The standard InChI is InChI=1S/C28H37N3O4/c1-19-5-7-22(8-6-19)35-17-25(33)31-18-28(10-4-11-28)14-23(31)26(34)30-21(16-29)13-20-9-12-27(2,3)15-24(20)32/h5-8,20-21,23H,4,9-15,17-18H2,1-3H3,(H,30,34)/t20-,21-,23?/m0/s1.